The van der Waals surface area contributed by atoms with Crippen molar-refractivity contribution in [2.24, 2.45) is 0 Å². The molecule has 6 heteroatoms. The van der Waals surface area contributed by atoms with E-state index in [1.165, 1.54) is 23.1 Å². The Balaban J connectivity index is 2.68. The van der Waals surface area contributed by atoms with Crippen molar-refractivity contribution in [1.29, 1.82) is 0 Å². The average Bonchev–Trinajstić information content (AvgIpc) is 2.25. The first-order valence-electron chi connectivity index (χ1n) is 4.84. The van der Waals surface area contributed by atoms with E-state index in [1.807, 2.05) is 0 Å². The second-order valence-electron chi connectivity index (χ2n) is 3.60. The van der Waals surface area contributed by atoms with E-state index in [2.05, 4.69) is 0 Å². The molecule has 92 valence electrons. The van der Waals surface area contributed by atoms with Gasteiger partial charge in [-0.05, 0) is 18.2 Å². The Kier molecular flexibility index (Phi) is 4.34. The number of hydrogen-bond acceptors (Lipinski definition) is 4. The summed E-state index contributed by atoms with van der Waals surface area (Å²) in [6.45, 7) is -0.312. The van der Waals surface area contributed by atoms with E-state index in [0.29, 0.717) is 5.02 Å². The van der Waals surface area contributed by atoms with Gasteiger partial charge in [0.2, 0.25) is 0 Å². The number of nitrogens with zero attached hydrogens (tertiary/aromatic N) is 1. The Morgan fingerprint density at radius 2 is 2.06 bits per heavy atom. The number of amides is 1. The molecule has 0 bridgehead atoms. The number of hydrogen-bond donors (Lipinski definition) is 1. The third-order valence-corrected chi connectivity index (χ3v) is 2.29. The topological polar surface area (TPSA) is 72.6 Å². The van der Waals surface area contributed by atoms with Gasteiger partial charge in [0, 0.05) is 24.8 Å². The molecule has 0 unspecified atom stereocenters. The number of nitrogen functional groups attached to an aromatic ring is 1. The highest BCUT2D eigenvalue weighted by atomic mass is 35.5. The first kappa shape index (κ1) is 13.3. The van der Waals surface area contributed by atoms with Gasteiger partial charge >= 0.3 is 5.97 Å². The number of nitrogens with two attached hydrogens (primary N) is 1. The molecule has 2 N–H and O–H groups in total. The first-order chi connectivity index (χ1) is 7.91. The number of rotatable bonds is 3. The summed E-state index contributed by atoms with van der Waals surface area (Å²) in [5.74, 6) is -0.944. The van der Waals surface area contributed by atoms with Crippen molar-refractivity contribution < 1.29 is 14.3 Å². The maximum Gasteiger partial charge on any atom is 0.340 e. The zero-order chi connectivity index (χ0) is 13.0. The minimum absolute atomic E-state index is 0.195. The van der Waals surface area contributed by atoms with E-state index in [9.17, 15) is 9.59 Å². The van der Waals surface area contributed by atoms with Gasteiger partial charge in [0.25, 0.3) is 5.91 Å². The molecule has 1 aromatic carbocycles. The van der Waals surface area contributed by atoms with Crippen LogP contribution < -0.4 is 5.73 Å². The molecule has 0 spiro atoms. The van der Waals surface area contributed by atoms with Crippen LogP contribution >= 0.6 is 11.6 Å². The van der Waals surface area contributed by atoms with Crippen molar-refractivity contribution in [2.75, 3.05) is 26.4 Å². The van der Waals surface area contributed by atoms with Crippen LogP contribution in [0.4, 0.5) is 5.69 Å². The smallest absolute Gasteiger partial charge is 0.340 e. The highest BCUT2D eigenvalue weighted by molar-refractivity contribution is 6.31. The number of ether oxygens (including phenoxy) is 1. The SMILES string of the molecule is CN(C)C(=O)COC(=O)c1ccc(Cl)cc1N. The normalized spacial score (nSPS) is 9.82. The summed E-state index contributed by atoms with van der Waals surface area (Å²) in [5.41, 5.74) is 6.03. The molecule has 1 aromatic rings. The number of esters is 1. The summed E-state index contributed by atoms with van der Waals surface area (Å²) in [4.78, 5) is 24.1. The van der Waals surface area contributed by atoms with E-state index in [0.717, 1.165) is 0 Å². The number of carbonyl (C=O) groups excluding carboxylic acids is 2. The molecule has 1 amide bonds. The van der Waals surface area contributed by atoms with E-state index >= 15 is 0 Å². The fraction of sp³-hybridized carbons (Fsp3) is 0.273. The van der Waals surface area contributed by atoms with Crippen LogP contribution in [0.3, 0.4) is 0 Å². The Bertz CT molecular complexity index is 446. The summed E-state index contributed by atoms with van der Waals surface area (Å²) in [6, 6.07) is 4.44. The fourth-order valence-corrected chi connectivity index (χ4v) is 1.23. The van der Waals surface area contributed by atoms with Gasteiger partial charge in [-0.3, -0.25) is 4.79 Å². The predicted octanol–water partition coefficient (Wildman–Crippen LogP) is 1.17. The van der Waals surface area contributed by atoms with Gasteiger partial charge in [0.15, 0.2) is 6.61 Å². The molecule has 0 saturated carbocycles. The average molecular weight is 257 g/mol. The standard InChI is InChI=1S/C11H13ClN2O3/c1-14(2)10(15)6-17-11(16)8-4-3-7(12)5-9(8)13/h3-5H,6,13H2,1-2H3. The van der Waals surface area contributed by atoms with Crippen LogP contribution in [0, 0.1) is 0 Å². The highest BCUT2D eigenvalue weighted by Crippen LogP contribution is 2.18. The van der Waals surface area contributed by atoms with Crippen LogP contribution in [0.1, 0.15) is 10.4 Å². The van der Waals surface area contributed by atoms with E-state index in [-0.39, 0.29) is 23.8 Å². The van der Waals surface area contributed by atoms with Crippen molar-refractivity contribution in [3.63, 3.8) is 0 Å². The molecule has 0 radical (unpaired) electrons. The molecule has 17 heavy (non-hydrogen) atoms. The first-order valence-corrected chi connectivity index (χ1v) is 5.22. The summed E-state index contributed by atoms with van der Waals surface area (Å²) in [5, 5.41) is 0.434. The zero-order valence-corrected chi connectivity index (χ0v) is 10.3. The summed E-state index contributed by atoms with van der Waals surface area (Å²) in [7, 11) is 3.15. The van der Waals surface area contributed by atoms with E-state index in [1.54, 1.807) is 14.1 Å². The van der Waals surface area contributed by atoms with Crippen molar-refractivity contribution in [2.45, 2.75) is 0 Å². The minimum Gasteiger partial charge on any atom is -0.452 e. The summed E-state index contributed by atoms with van der Waals surface area (Å²) < 4.78 is 4.82. The number of likely N-dealkylation sites (N-methyl/N-ethyl adjacent to an activating group) is 1. The predicted molar refractivity (Wildman–Crippen MR) is 64.8 cm³/mol. The number of anilines is 1. The molecule has 0 aromatic heterocycles. The monoisotopic (exact) mass is 256 g/mol. The zero-order valence-electron chi connectivity index (χ0n) is 9.57. The molecular formula is C11H13ClN2O3. The van der Waals surface area contributed by atoms with Gasteiger partial charge in [-0.15, -0.1) is 0 Å². The number of benzene rings is 1. The Morgan fingerprint density at radius 3 is 2.59 bits per heavy atom. The highest BCUT2D eigenvalue weighted by Gasteiger charge is 2.14. The van der Waals surface area contributed by atoms with Crippen LogP contribution in [0.25, 0.3) is 0 Å². The maximum atomic E-state index is 11.6. The molecule has 0 fully saturated rings. The van der Waals surface area contributed by atoms with Crippen LogP contribution in [0.15, 0.2) is 18.2 Å². The summed E-state index contributed by atoms with van der Waals surface area (Å²) in [6.07, 6.45) is 0. The Morgan fingerprint density at radius 1 is 1.41 bits per heavy atom. The Hall–Kier alpha value is -1.75. The van der Waals surface area contributed by atoms with Gasteiger partial charge in [-0.1, -0.05) is 11.6 Å². The molecule has 0 heterocycles. The van der Waals surface area contributed by atoms with E-state index in [4.69, 9.17) is 22.1 Å². The maximum absolute atomic E-state index is 11.6. The van der Waals surface area contributed by atoms with Gasteiger partial charge in [0.05, 0.1) is 5.56 Å². The fourth-order valence-electron chi connectivity index (χ4n) is 1.05. The van der Waals surface area contributed by atoms with Gasteiger partial charge in [-0.2, -0.15) is 0 Å². The minimum atomic E-state index is -0.644. The molecule has 0 aliphatic heterocycles. The lowest BCUT2D eigenvalue weighted by atomic mass is 10.2. The molecular weight excluding hydrogens is 244 g/mol. The molecule has 1 rings (SSSR count). The molecule has 0 aliphatic rings. The third kappa shape index (κ3) is 3.64. The summed E-state index contributed by atoms with van der Waals surface area (Å²) >= 11 is 5.70. The quantitative estimate of drug-likeness (QED) is 0.651. The second kappa shape index (κ2) is 5.54. The van der Waals surface area contributed by atoms with Crippen LogP contribution in [-0.2, 0) is 9.53 Å². The van der Waals surface area contributed by atoms with Gasteiger partial charge in [0.1, 0.15) is 0 Å². The molecule has 0 atom stereocenters. The largest absolute Gasteiger partial charge is 0.452 e. The third-order valence-electron chi connectivity index (χ3n) is 2.06. The molecule has 0 aliphatic carbocycles. The molecule has 0 saturated heterocycles. The van der Waals surface area contributed by atoms with Gasteiger partial charge < -0.3 is 15.4 Å². The second-order valence-corrected chi connectivity index (χ2v) is 4.03. The van der Waals surface area contributed by atoms with Crippen molar-refractivity contribution in [3.05, 3.63) is 28.8 Å². The Labute approximate surface area is 104 Å². The number of halogens is 1. The van der Waals surface area contributed by atoms with E-state index < -0.39 is 5.97 Å². The lowest BCUT2D eigenvalue weighted by Crippen LogP contribution is -2.27. The lowest BCUT2D eigenvalue weighted by Gasteiger charge is -2.11. The van der Waals surface area contributed by atoms with Crippen LogP contribution in [0.2, 0.25) is 5.02 Å². The van der Waals surface area contributed by atoms with Crippen LogP contribution in [0.5, 0.6) is 0 Å². The van der Waals surface area contributed by atoms with Crippen molar-refractivity contribution in [3.8, 4) is 0 Å². The van der Waals surface area contributed by atoms with Crippen LogP contribution in [-0.4, -0.2) is 37.5 Å². The number of carbonyl (C=O) groups is 2. The van der Waals surface area contributed by atoms with Gasteiger partial charge in [-0.25, -0.2) is 4.79 Å². The van der Waals surface area contributed by atoms with Crippen molar-refractivity contribution >= 4 is 29.2 Å². The molecule has 5 nitrogen and oxygen atoms in total. The van der Waals surface area contributed by atoms with Crippen molar-refractivity contribution in [1.82, 2.24) is 4.90 Å². The lowest BCUT2D eigenvalue weighted by molar-refractivity contribution is -0.131.